The molecule has 0 spiro atoms. The Labute approximate surface area is 152 Å². The minimum Gasteiger partial charge on any atom is -0.306 e. The van der Waals surface area contributed by atoms with Crippen LogP contribution in [0.3, 0.4) is 0 Å². The average Bonchev–Trinajstić information content (AvgIpc) is 3.09. The van der Waals surface area contributed by atoms with Gasteiger partial charge in [-0.05, 0) is 12.1 Å². The molecule has 3 aromatic rings. The molecule has 0 fully saturated rings. The van der Waals surface area contributed by atoms with Crippen molar-refractivity contribution in [1.82, 2.24) is 9.55 Å². The Hall–Kier alpha value is -2.80. The van der Waals surface area contributed by atoms with Crippen LogP contribution >= 0.6 is 0 Å². The smallest absolute Gasteiger partial charge is 0.0991 e. The molecule has 8 nitrogen and oxygen atoms in total. The molecule has 26 heavy (non-hydrogen) atoms. The van der Waals surface area contributed by atoms with Crippen LogP contribution in [0, 0.1) is 0 Å². The number of carbonyl (C=O) groups excluding carboxylic acids is 1. The fourth-order valence-corrected chi connectivity index (χ4v) is 3.85. The Bertz CT molecular complexity index is 907. The summed E-state index contributed by atoms with van der Waals surface area (Å²) >= 11 is -5.25. The van der Waals surface area contributed by atoms with Crippen LogP contribution in [-0.4, -0.2) is 42.9 Å². The first kappa shape index (κ1) is 19.5. The second kappa shape index (κ2) is 8.53. The second-order valence-electron chi connectivity index (χ2n) is 5.20. The van der Waals surface area contributed by atoms with E-state index in [1.54, 1.807) is 12.5 Å². The SMILES string of the molecule is CC(=O)Nc1cccc(O)c1[As](=O)(O)O.c1ccc(-n2ccnc2)cc1. The molecular formula is C17H18AsN3O5. The van der Waals surface area contributed by atoms with Gasteiger partial charge in [-0.25, -0.2) is 4.98 Å². The number of nitrogens with one attached hydrogen (secondary N) is 1. The average molecular weight is 419 g/mol. The van der Waals surface area contributed by atoms with Crippen LogP contribution in [0.4, 0.5) is 5.69 Å². The maximum atomic E-state index is 11.1. The molecule has 0 saturated heterocycles. The number of imidazole rings is 1. The van der Waals surface area contributed by atoms with E-state index in [-0.39, 0.29) is 5.69 Å². The second-order valence-corrected chi connectivity index (χ2v) is 8.43. The first-order chi connectivity index (χ1) is 12.3. The van der Waals surface area contributed by atoms with Crippen molar-refractivity contribution >= 4 is 30.1 Å². The Morgan fingerprint density at radius 1 is 1.12 bits per heavy atom. The van der Waals surface area contributed by atoms with Gasteiger partial charge < -0.3 is 4.57 Å². The molecule has 0 aliphatic heterocycles. The van der Waals surface area contributed by atoms with Gasteiger partial charge in [-0.3, -0.25) is 0 Å². The van der Waals surface area contributed by atoms with Gasteiger partial charge in [0.05, 0.1) is 6.33 Å². The van der Waals surface area contributed by atoms with Crippen molar-refractivity contribution in [3.8, 4) is 11.4 Å². The van der Waals surface area contributed by atoms with E-state index in [0.29, 0.717) is 0 Å². The molecule has 1 aromatic heterocycles. The number of benzene rings is 2. The third kappa shape index (κ3) is 5.35. The van der Waals surface area contributed by atoms with Gasteiger partial charge in [0, 0.05) is 18.1 Å². The number of carbonyl (C=O) groups is 1. The van der Waals surface area contributed by atoms with E-state index in [4.69, 9.17) is 8.19 Å². The summed E-state index contributed by atoms with van der Waals surface area (Å²) in [6, 6.07) is 14.0. The maximum absolute atomic E-state index is 11.1. The summed E-state index contributed by atoms with van der Waals surface area (Å²) in [6.45, 7) is 1.21. The summed E-state index contributed by atoms with van der Waals surface area (Å²) in [5.41, 5.74) is 1.08. The number of para-hydroxylation sites is 1. The molecule has 3 rings (SSSR count). The first-order valence-electron chi connectivity index (χ1n) is 7.48. The van der Waals surface area contributed by atoms with Crippen LogP contribution in [0.25, 0.3) is 5.69 Å². The molecule has 0 aliphatic rings. The predicted octanol–water partition coefficient (Wildman–Crippen LogP) is 0.784. The quantitative estimate of drug-likeness (QED) is 0.465. The van der Waals surface area contributed by atoms with Gasteiger partial charge in [-0.2, -0.15) is 0 Å². The van der Waals surface area contributed by atoms with Crippen molar-refractivity contribution < 1.29 is 21.8 Å². The maximum Gasteiger partial charge on any atom is 0.0991 e. The van der Waals surface area contributed by atoms with Gasteiger partial charge in [0.15, 0.2) is 0 Å². The topological polar surface area (TPSA) is 125 Å². The summed E-state index contributed by atoms with van der Waals surface area (Å²) in [7, 11) is 0. The van der Waals surface area contributed by atoms with Crippen LogP contribution in [0.2, 0.25) is 0 Å². The zero-order valence-corrected chi connectivity index (χ0v) is 15.7. The van der Waals surface area contributed by atoms with E-state index >= 15 is 0 Å². The van der Waals surface area contributed by atoms with Gasteiger partial charge in [0.1, 0.15) is 0 Å². The molecular weight excluding hydrogens is 401 g/mol. The summed E-state index contributed by atoms with van der Waals surface area (Å²) in [6.07, 6.45) is 5.48. The number of amides is 1. The molecule has 1 amide bonds. The zero-order chi connectivity index (χ0) is 19.2. The van der Waals surface area contributed by atoms with E-state index in [2.05, 4.69) is 10.3 Å². The summed E-state index contributed by atoms with van der Waals surface area (Å²) in [4.78, 5) is 14.7. The first-order valence-corrected chi connectivity index (χ1v) is 10.9. The van der Waals surface area contributed by atoms with E-state index in [1.807, 2.05) is 41.1 Å². The molecule has 0 unspecified atom stereocenters. The molecule has 0 aliphatic carbocycles. The number of aromatic hydroxyl groups is 1. The number of hydrogen-bond acceptors (Lipinski definition) is 4. The molecule has 2 aromatic carbocycles. The monoisotopic (exact) mass is 419 g/mol. The number of hydrogen-bond donors (Lipinski definition) is 4. The summed E-state index contributed by atoms with van der Waals surface area (Å²) in [5.74, 6) is -0.987. The fourth-order valence-electron chi connectivity index (χ4n) is 2.14. The molecule has 0 saturated carbocycles. The normalized spacial score (nSPS) is 10.6. The Balaban J connectivity index is 0.000000195. The Morgan fingerprint density at radius 3 is 2.35 bits per heavy atom. The van der Waals surface area contributed by atoms with Crippen molar-refractivity contribution in [2.24, 2.45) is 0 Å². The van der Waals surface area contributed by atoms with Gasteiger partial charge in [-0.15, -0.1) is 0 Å². The van der Waals surface area contributed by atoms with Gasteiger partial charge >= 0.3 is 88.1 Å². The third-order valence-electron chi connectivity index (χ3n) is 3.18. The molecule has 0 atom stereocenters. The minimum absolute atomic E-state index is 0.0602. The van der Waals surface area contributed by atoms with Crippen molar-refractivity contribution in [3.05, 3.63) is 67.3 Å². The summed E-state index contributed by atoms with van der Waals surface area (Å²) < 4.78 is 30.6. The number of phenolic OH excluding ortho intramolecular Hbond substituents is 1. The van der Waals surface area contributed by atoms with Crippen molar-refractivity contribution in [2.45, 2.75) is 6.92 Å². The van der Waals surface area contributed by atoms with Crippen LogP contribution < -0.4 is 9.67 Å². The Morgan fingerprint density at radius 2 is 1.81 bits per heavy atom. The largest absolute Gasteiger partial charge is 0.306 e. The molecule has 136 valence electrons. The number of phenols is 1. The molecule has 1 heterocycles. The third-order valence-corrected chi connectivity index (χ3v) is 5.38. The van der Waals surface area contributed by atoms with Crippen molar-refractivity contribution in [2.75, 3.05) is 5.32 Å². The molecule has 0 radical (unpaired) electrons. The van der Waals surface area contributed by atoms with E-state index < -0.39 is 30.2 Å². The van der Waals surface area contributed by atoms with Crippen molar-refractivity contribution in [3.63, 3.8) is 0 Å². The molecule has 9 heteroatoms. The molecule has 4 N–H and O–H groups in total. The summed E-state index contributed by atoms with van der Waals surface area (Å²) in [5, 5.41) is 11.6. The van der Waals surface area contributed by atoms with Gasteiger partial charge in [0.25, 0.3) is 0 Å². The number of anilines is 1. The Kier molecular flexibility index (Phi) is 6.40. The van der Waals surface area contributed by atoms with Crippen LogP contribution in [0.5, 0.6) is 5.75 Å². The zero-order valence-electron chi connectivity index (χ0n) is 13.9. The van der Waals surface area contributed by atoms with Gasteiger partial charge in [-0.1, -0.05) is 18.2 Å². The van der Waals surface area contributed by atoms with E-state index in [0.717, 1.165) is 11.8 Å². The van der Waals surface area contributed by atoms with E-state index in [9.17, 15) is 13.6 Å². The fraction of sp³-hybridized carbons (Fsp3) is 0.0588. The predicted molar refractivity (Wildman–Crippen MR) is 96.5 cm³/mol. The van der Waals surface area contributed by atoms with Gasteiger partial charge in [0.2, 0.25) is 0 Å². The van der Waals surface area contributed by atoms with Crippen molar-refractivity contribution in [1.29, 1.82) is 0 Å². The standard InChI is InChI=1S/C9H8N2.C8H10AsNO5/c1-2-4-9(5-3-1)11-7-6-10-8-11;1-5(11)10-6-3-2-4-7(12)8(6)9(13,14)15/h1-8H;2-4,12H,1H3,(H,10,11)(H2,13,14,15). The number of nitrogens with zero attached hydrogens (tertiary/aromatic N) is 2. The minimum atomic E-state index is -5.25. The number of rotatable bonds is 3. The van der Waals surface area contributed by atoms with E-state index in [1.165, 1.54) is 19.1 Å². The van der Waals surface area contributed by atoms with Crippen LogP contribution in [0.1, 0.15) is 6.92 Å². The number of aromatic nitrogens is 2. The van der Waals surface area contributed by atoms with Crippen LogP contribution in [-0.2, 0) is 8.53 Å². The molecule has 0 bridgehead atoms. The van der Waals surface area contributed by atoms with Crippen LogP contribution in [0.15, 0.2) is 67.3 Å².